The van der Waals surface area contributed by atoms with Crippen LogP contribution in [0.15, 0.2) is 72.8 Å². The van der Waals surface area contributed by atoms with Gasteiger partial charge >= 0.3 is 0 Å². The van der Waals surface area contributed by atoms with Gasteiger partial charge in [0.05, 0.1) is 12.8 Å². The van der Waals surface area contributed by atoms with Gasteiger partial charge in [0, 0.05) is 5.56 Å². The number of nitrogens with one attached hydrogen (secondary N) is 2. The Bertz CT molecular complexity index is 1010. The Kier molecular flexibility index (Phi) is 6.30. The van der Waals surface area contributed by atoms with Crippen molar-refractivity contribution in [1.82, 2.24) is 5.32 Å². The number of amides is 1. The molecule has 5 heteroatoms. The maximum Gasteiger partial charge on any atom is 0.255 e. The van der Waals surface area contributed by atoms with Crippen LogP contribution in [-0.2, 0) is 6.42 Å². The lowest BCUT2D eigenvalue weighted by molar-refractivity contribution is 0.102. The fourth-order valence-electron chi connectivity index (χ4n) is 3.74. The molecule has 1 saturated heterocycles. The number of ether oxygens (including phenoxy) is 2. The van der Waals surface area contributed by atoms with Gasteiger partial charge in [-0.2, -0.15) is 0 Å². The summed E-state index contributed by atoms with van der Waals surface area (Å²) in [5, 5.41) is 6.38. The van der Waals surface area contributed by atoms with Crippen molar-refractivity contribution in [2.24, 2.45) is 5.92 Å². The van der Waals surface area contributed by atoms with E-state index < -0.39 is 0 Å². The second-order valence-corrected chi connectivity index (χ2v) is 7.47. The van der Waals surface area contributed by atoms with Gasteiger partial charge in [-0.3, -0.25) is 4.79 Å². The summed E-state index contributed by atoms with van der Waals surface area (Å²) in [6.07, 6.45) is 2.17. The zero-order valence-electron chi connectivity index (χ0n) is 17.1. The molecule has 3 aromatic carbocycles. The van der Waals surface area contributed by atoms with E-state index >= 15 is 0 Å². The third-order valence-corrected chi connectivity index (χ3v) is 5.30. The second-order valence-electron chi connectivity index (χ2n) is 7.47. The average molecular weight is 402 g/mol. The average Bonchev–Trinajstić information content (AvgIpc) is 3.28. The summed E-state index contributed by atoms with van der Waals surface area (Å²) in [4.78, 5) is 12.9. The van der Waals surface area contributed by atoms with E-state index in [4.69, 9.17) is 9.47 Å². The van der Waals surface area contributed by atoms with Crippen LogP contribution in [0.4, 0.5) is 5.69 Å². The predicted octanol–water partition coefficient (Wildman–Crippen LogP) is 4.89. The Morgan fingerprint density at radius 3 is 2.53 bits per heavy atom. The molecule has 5 nitrogen and oxygen atoms in total. The molecule has 154 valence electrons. The molecule has 0 aromatic heterocycles. The van der Waals surface area contributed by atoms with Gasteiger partial charge in [-0.25, -0.2) is 0 Å². The highest BCUT2D eigenvalue weighted by atomic mass is 16.5. The number of anilines is 1. The molecule has 1 aliphatic rings. The minimum atomic E-state index is -0.155. The number of rotatable bonds is 7. The van der Waals surface area contributed by atoms with Crippen LogP contribution in [0.3, 0.4) is 0 Å². The van der Waals surface area contributed by atoms with Crippen LogP contribution < -0.4 is 20.1 Å². The van der Waals surface area contributed by atoms with Gasteiger partial charge < -0.3 is 20.1 Å². The smallest absolute Gasteiger partial charge is 0.255 e. The summed E-state index contributed by atoms with van der Waals surface area (Å²) >= 11 is 0. The Morgan fingerprint density at radius 2 is 1.77 bits per heavy atom. The van der Waals surface area contributed by atoms with Crippen LogP contribution in [0.1, 0.15) is 22.3 Å². The molecular weight excluding hydrogens is 376 g/mol. The molecule has 1 atom stereocenters. The summed E-state index contributed by atoms with van der Waals surface area (Å²) in [6.45, 7) is 2.12. The summed E-state index contributed by atoms with van der Waals surface area (Å²) < 4.78 is 11.4. The van der Waals surface area contributed by atoms with Crippen molar-refractivity contribution < 1.29 is 14.3 Å². The summed E-state index contributed by atoms with van der Waals surface area (Å²) in [5.41, 5.74) is 2.44. The molecule has 0 bridgehead atoms. The van der Waals surface area contributed by atoms with Gasteiger partial charge in [0.2, 0.25) is 0 Å². The van der Waals surface area contributed by atoms with Crippen LogP contribution >= 0.6 is 0 Å². The van der Waals surface area contributed by atoms with Crippen LogP contribution in [0, 0.1) is 5.92 Å². The maximum absolute atomic E-state index is 12.9. The van der Waals surface area contributed by atoms with E-state index in [9.17, 15) is 4.79 Å². The van der Waals surface area contributed by atoms with E-state index in [1.54, 1.807) is 7.11 Å². The van der Waals surface area contributed by atoms with Crippen molar-refractivity contribution >= 4 is 11.6 Å². The van der Waals surface area contributed by atoms with E-state index in [0.717, 1.165) is 19.5 Å². The first-order valence-corrected chi connectivity index (χ1v) is 10.2. The first-order valence-electron chi connectivity index (χ1n) is 10.2. The van der Waals surface area contributed by atoms with Crippen molar-refractivity contribution in [3.63, 3.8) is 0 Å². The molecule has 2 N–H and O–H groups in total. The Hall–Kier alpha value is -3.31. The van der Waals surface area contributed by atoms with Crippen LogP contribution in [-0.4, -0.2) is 26.1 Å². The second kappa shape index (κ2) is 9.46. The summed E-state index contributed by atoms with van der Waals surface area (Å²) in [7, 11) is 1.60. The molecule has 1 amide bonds. The number of benzene rings is 3. The lowest BCUT2D eigenvalue weighted by atomic mass is 9.97. The van der Waals surface area contributed by atoms with E-state index in [-0.39, 0.29) is 5.91 Å². The van der Waals surface area contributed by atoms with Gasteiger partial charge in [-0.1, -0.05) is 36.4 Å². The zero-order valence-corrected chi connectivity index (χ0v) is 17.1. The molecule has 0 saturated carbocycles. The van der Waals surface area contributed by atoms with E-state index in [1.807, 2.05) is 66.7 Å². The fourth-order valence-corrected chi connectivity index (χ4v) is 3.74. The number of hydrogen-bond donors (Lipinski definition) is 2. The van der Waals surface area contributed by atoms with Gasteiger partial charge in [-0.15, -0.1) is 0 Å². The van der Waals surface area contributed by atoms with Crippen LogP contribution in [0.2, 0.25) is 0 Å². The Morgan fingerprint density at radius 1 is 1.00 bits per heavy atom. The molecule has 1 fully saturated rings. The van der Waals surface area contributed by atoms with Gasteiger partial charge in [0.1, 0.15) is 0 Å². The first-order chi connectivity index (χ1) is 14.7. The number of methoxy groups -OCH3 is 1. The molecule has 30 heavy (non-hydrogen) atoms. The number of carbonyl (C=O) groups is 1. The van der Waals surface area contributed by atoms with Gasteiger partial charge in [0.25, 0.3) is 5.91 Å². The molecular formula is C25H26N2O3. The normalized spacial score (nSPS) is 15.6. The minimum absolute atomic E-state index is 0.155. The van der Waals surface area contributed by atoms with Gasteiger partial charge in [0.15, 0.2) is 17.2 Å². The molecule has 0 radical (unpaired) electrons. The van der Waals surface area contributed by atoms with Crippen molar-refractivity contribution in [3.05, 3.63) is 83.9 Å². The third-order valence-electron chi connectivity index (χ3n) is 5.30. The quantitative estimate of drug-likeness (QED) is 0.591. The maximum atomic E-state index is 12.9. The number of carbonyl (C=O) groups excluding carboxylic acids is 1. The van der Waals surface area contributed by atoms with Crippen LogP contribution in [0.25, 0.3) is 0 Å². The molecule has 1 aliphatic heterocycles. The first kappa shape index (κ1) is 20.0. The topological polar surface area (TPSA) is 59.6 Å². The van der Waals surface area contributed by atoms with Crippen molar-refractivity contribution in [1.29, 1.82) is 0 Å². The van der Waals surface area contributed by atoms with Crippen molar-refractivity contribution in [3.8, 4) is 17.2 Å². The third kappa shape index (κ3) is 4.81. The molecule has 0 aliphatic carbocycles. The van der Waals surface area contributed by atoms with E-state index in [1.165, 1.54) is 12.0 Å². The Balaban J connectivity index is 1.50. The molecule has 4 rings (SSSR count). The lowest BCUT2D eigenvalue weighted by Crippen LogP contribution is -2.14. The summed E-state index contributed by atoms with van der Waals surface area (Å²) in [5.74, 6) is 2.26. The number of hydrogen-bond acceptors (Lipinski definition) is 4. The highest BCUT2D eigenvalue weighted by molar-refractivity contribution is 6.05. The monoisotopic (exact) mass is 402 g/mol. The lowest BCUT2D eigenvalue weighted by Gasteiger charge is -2.14. The van der Waals surface area contributed by atoms with Crippen LogP contribution in [0.5, 0.6) is 17.2 Å². The van der Waals surface area contributed by atoms with E-state index in [2.05, 4.69) is 16.7 Å². The SMILES string of the molecule is COc1ccccc1Oc1ccccc1NC(=O)c1cccc(CC2CCNC2)c1. The highest BCUT2D eigenvalue weighted by Crippen LogP contribution is 2.35. The van der Waals surface area contributed by atoms with Crippen molar-refractivity contribution in [2.45, 2.75) is 12.8 Å². The van der Waals surface area contributed by atoms with E-state index in [0.29, 0.717) is 34.4 Å². The molecule has 0 spiro atoms. The minimum Gasteiger partial charge on any atom is -0.493 e. The molecule has 1 unspecified atom stereocenters. The predicted molar refractivity (Wildman–Crippen MR) is 119 cm³/mol. The molecule has 1 heterocycles. The standard InChI is InChI=1S/C25H26N2O3/c1-29-23-11-4-5-12-24(23)30-22-10-3-2-9-21(22)27-25(28)20-8-6-7-18(16-20)15-19-13-14-26-17-19/h2-12,16,19,26H,13-15,17H2,1H3,(H,27,28). The largest absolute Gasteiger partial charge is 0.493 e. The van der Waals surface area contributed by atoms with Crippen molar-refractivity contribution in [2.75, 3.05) is 25.5 Å². The Labute approximate surface area is 177 Å². The summed E-state index contributed by atoms with van der Waals surface area (Å²) in [6, 6.07) is 22.7. The zero-order chi connectivity index (χ0) is 20.8. The fraction of sp³-hybridized carbons (Fsp3) is 0.240. The highest BCUT2D eigenvalue weighted by Gasteiger charge is 2.16. The molecule has 3 aromatic rings. The van der Waals surface area contributed by atoms with Gasteiger partial charge in [-0.05, 0) is 73.8 Å². The number of para-hydroxylation sites is 4.